The molecule has 6 heteroatoms. The van der Waals surface area contributed by atoms with Crippen molar-refractivity contribution in [1.82, 2.24) is 15.0 Å². The number of carbonyl (C=O) groups is 1. The van der Waals surface area contributed by atoms with Crippen LogP contribution in [0, 0.1) is 0 Å². The predicted molar refractivity (Wildman–Crippen MR) is 65.6 cm³/mol. The smallest absolute Gasteiger partial charge is 0.154 e. The third kappa shape index (κ3) is 3.47. The number of hydrogen-bond donors (Lipinski definition) is 1. The third-order valence-corrected chi connectivity index (χ3v) is 3.30. The molecule has 0 saturated heterocycles. The van der Waals surface area contributed by atoms with Crippen LogP contribution in [0.25, 0.3) is 0 Å². The molecule has 2 N–H and O–H groups in total. The molecule has 2 aromatic rings. The monoisotopic (exact) mass is 250 g/mol. The minimum atomic E-state index is 0.159. The van der Waals surface area contributed by atoms with Crippen molar-refractivity contribution in [2.24, 2.45) is 5.73 Å². The Labute approximate surface area is 103 Å². The molecule has 0 spiro atoms. The zero-order valence-corrected chi connectivity index (χ0v) is 10.2. The molecule has 90 valence electrons. The minimum Gasteiger partial charge on any atom is -0.325 e. The number of carbonyl (C=O) groups excluding carboxylic acids is 1. The van der Waals surface area contributed by atoms with E-state index < -0.39 is 0 Å². The molecular weight excluding hydrogens is 236 g/mol. The van der Waals surface area contributed by atoms with Gasteiger partial charge in [0.15, 0.2) is 5.78 Å². The Bertz CT molecular complexity index is 477. The first kappa shape index (κ1) is 11.9. The fourth-order valence-electron chi connectivity index (χ4n) is 1.49. The van der Waals surface area contributed by atoms with Gasteiger partial charge in [0.25, 0.3) is 0 Å². The second-order valence-electron chi connectivity index (χ2n) is 3.73. The quantitative estimate of drug-likeness (QED) is 0.830. The van der Waals surface area contributed by atoms with Gasteiger partial charge < -0.3 is 5.73 Å². The predicted octanol–water partition coefficient (Wildman–Crippen LogP) is 1.00. The normalized spacial score (nSPS) is 10.6. The van der Waals surface area contributed by atoms with E-state index in [4.69, 9.17) is 5.73 Å². The van der Waals surface area contributed by atoms with Gasteiger partial charge in [0.2, 0.25) is 0 Å². The Hall–Kier alpha value is -1.53. The number of aryl methyl sites for hydroxylation is 1. The Morgan fingerprint density at radius 3 is 3.06 bits per heavy atom. The number of rotatable bonds is 6. The first-order valence-corrected chi connectivity index (χ1v) is 6.29. The van der Waals surface area contributed by atoms with Gasteiger partial charge in [0.1, 0.15) is 6.54 Å². The van der Waals surface area contributed by atoms with E-state index in [1.54, 1.807) is 22.2 Å². The number of nitrogens with zero attached hydrogens (tertiary/aromatic N) is 3. The van der Waals surface area contributed by atoms with E-state index in [1.807, 2.05) is 17.5 Å². The lowest BCUT2D eigenvalue weighted by Crippen LogP contribution is -2.11. The third-order valence-electron chi connectivity index (χ3n) is 2.36. The summed E-state index contributed by atoms with van der Waals surface area (Å²) in [5, 5.41) is 9.69. The number of aromatic nitrogens is 3. The Morgan fingerprint density at radius 2 is 2.41 bits per heavy atom. The molecule has 0 atom stereocenters. The molecule has 2 rings (SSSR count). The summed E-state index contributed by atoms with van der Waals surface area (Å²) in [6.45, 7) is 0.627. The Balaban J connectivity index is 1.81. The summed E-state index contributed by atoms with van der Waals surface area (Å²) in [6, 6.07) is 4.04. The van der Waals surface area contributed by atoms with Gasteiger partial charge in [0.05, 0.1) is 11.9 Å². The number of hydrogen-bond acceptors (Lipinski definition) is 5. The van der Waals surface area contributed by atoms with Crippen LogP contribution in [0.15, 0.2) is 23.7 Å². The van der Waals surface area contributed by atoms with E-state index in [-0.39, 0.29) is 12.3 Å². The van der Waals surface area contributed by atoms with Crippen LogP contribution in [0.4, 0.5) is 0 Å². The van der Waals surface area contributed by atoms with Gasteiger partial charge in [-0.25, -0.2) is 4.68 Å². The van der Waals surface area contributed by atoms with Gasteiger partial charge in [0, 0.05) is 17.8 Å². The van der Waals surface area contributed by atoms with Crippen LogP contribution in [0.5, 0.6) is 0 Å². The van der Waals surface area contributed by atoms with Crippen LogP contribution in [-0.2, 0) is 24.3 Å². The SMILES string of the molecule is NCc1cn(CC(=O)CCc2cccs2)nn1. The van der Waals surface area contributed by atoms with Gasteiger partial charge >= 0.3 is 0 Å². The molecule has 2 heterocycles. The minimum absolute atomic E-state index is 0.159. The summed E-state index contributed by atoms with van der Waals surface area (Å²) < 4.78 is 1.54. The molecule has 0 saturated carbocycles. The van der Waals surface area contributed by atoms with E-state index in [2.05, 4.69) is 10.3 Å². The number of ketones is 1. The van der Waals surface area contributed by atoms with Gasteiger partial charge in [-0.2, -0.15) is 0 Å². The number of nitrogens with two attached hydrogens (primary N) is 1. The Morgan fingerprint density at radius 1 is 1.53 bits per heavy atom. The molecule has 0 aliphatic heterocycles. The molecular formula is C11H14N4OS. The summed E-state index contributed by atoms with van der Waals surface area (Å²) in [4.78, 5) is 12.9. The van der Waals surface area contributed by atoms with Crippen molar-refractivity contribution in [3.63, 3.8) is 0 Å². The maximum atomic E-state index is 11.7. The summed E-state index contributed by atoms with van der Waals surface area (Å²) in [6.07, 6.45) is 3.05. The second kappa shape index (κ2) is 5.70. The maximum Gasteiger partial charge on any atom is 0.154 e. The molecule has 0 unspecified atom stereocenters. The lowest BCUT2D eigenvalue weighted by atomic mass is 10.2. The summed E-state index contributed by atoms with van der Waals surface area (Å²) in [5.41, 5.74) is 6.12. The fourth-order valence-corrected chi connectivity index (χ4v) is 2.20. The van der Waals surface area contributed by atoms with Crippen molar-refractivity contribution in [2.45, 2.75) is 25.9 Å². The standard InChI is InChI=1S/C11H14N4OS/c12-6-9-7-15(14-13-9)8-10(16)3-4-11-2-1-5-17-11/h1-2,5,7H,3-4,6,8,12H2. The first-order valence-electron chi connectivity index (χ1n) is 5.41. The average molecular weight is 250 g/mol. The molecule has 2 aromatic heterocycles. The fraction of sp³-hybridized carbons (Fsp3) is 0.364. The van der Waals surface area contributed by atoms with E-state index in [0.29, 0.717) is 18.7 Å². The van der Waals surface area contributed by atoms with Crippen LogP contribution in [0.3, 0.4) is 0 Å². The number of thiophene rings is 1. The molecule has 0 fully saturated rings. The molecule has 0 radical (unpaired) electrons. The van der Waals surface area contributed by atoms with Crippen LogP contribution in [0.2, 0.25) is 0 Å². The lowest BCUT2D eigenvalue weighted by molar-refractivity contribution is -0.119. The average Bonchev–Trinajstić information content (AvgIpc) is 2.97. The van der Waals surface area contributed by atoms with Gasteiger partial charge in [-0.15, -0.1) is 16.4 Å². The molecule has 0 aliphatic rings. The first-order chi connectivity index (χ1) is 8.28. The highest BCUT2D eigenvalue weighted by atomic mass is 32.1. The molecule has 0 amide bonds. The van der Waals surface area contributed by atoms with E-state index >= 15 is 0 Å². The topological polar surface area (TPSA) is 73.8 Å². The summed E-state index contributed by atoms with van der Waals surface area (Å²) in [7, 11) is 0. The van der Waals surface area contributed by atoms with E-state index in [9.17, 15) is 4.79 Å². The molecule has 0 bridgehead atoms. The van der Waals surface area contributed by atoms with Crippen molar-refractivity contribution in [3.8, 4) is 0 Å². The highest BCUT2D eigenvalue weighted by molar-refractivity contribution is 7.09. The van der Waals surface area contributed by atoms with Gasteiger partial charge in [-0.05, 0) is 17.9 Å². The summed E-state index contributed by atoms with van der Waals surface area (Å²) in [5.74, 6) is 0.159. The molecule has 0 aliphatic carbocycles. The van der Waals surface area contributed by atoms with Crippen LogP contribution < -0.4 is 5.73 Å². The van der Waals surface area contributed by atoms with E-state index in [0.717, 1.165) is 6.42 Å². The van der Waals surface area contributed by atoms with Crippen LogP contribution >= 0.6 is 11.3 Å². The highest BCUT2D eigenvalue weighted by Crippen LogP contribution is 2.11. The second-order valence-corrected chi connectivity index (χ2v) is 4.76. The van der Waals surface area contributed by atoms with Crippen molar-refractivity contribution in [3.05, 3.63) is 34.3 Å². The Kier molecular flexibility index (Phi) is 4.00. The highest BCUT2D eigenvalue weighted by Gasteiger charge is 2.06. The zero-order valence-electron chi connectivity index (χ0n) is 9.37. The van der Waals surface area contributed by atoms with Crippen molar-refractivity contribution < 1.29 is 4.79 Å². The molecule has 0 aromatic carbocycles. The van der Waals surface area contributed by atoms with Crippen LogP contribution in [0.1, 0.15) is 17.0 Å². The van der Waals surface area contributed by atoms with Gasteiger partial charge in [-0.1, -0.05) is 11.3 Å². The van der Waals surface area contributed by atoms with Crippen molar-refractivity contribution >= 4 is 17.1 Å². The lowest BCUT2D eigenvalue weighted by Gasteiger charge is -1.99. The maximum absolute atomic E-state index is 11.7. The largest absolute Gasteiger partial charge is 0.325 e. The van der Waals surface area contributed by atoms with Crippen molar-refractivity contribution in [1.29, 1.82) is 0 Å². The van der Waals surface area contributed by atoms with Crippen molar-refractivity contribution in [2.75, 3.05) is 0 Å². The summed E-state index contributed by atoms with van der Waals surface area (Å²) >= 11 is 1.68. The van der Waals surface area contributed by atoms with Crippen LogP contribution in [-0.4, -0.2) is 20.8 Å². The van der Waals surface area contributed by atoms with E-state index in [1.165, 1.54) is 4.88 Å². The zero-order chi connectivity index (χ0) is 12.1. The molecule has 17 heavy (non-hydrogen) atoms. The number of Topliss-reactive ketones (excluding diaryl/α,β-unsaturated/α-hetero) is 1. The van der Waals surface area contributed by atoms with Gasteiger partial charge in [-0.3, -0.25) is 4.79 Å². The molecule has 5 nitrogen and oxygen atoms in total.